The van der Waals surface area contributed by atoms with Crippen molar-refractivity contribution < 1.29 is 14.7 Å². The van der Waals surface area contributed by atoms with Gasteiger partial charge in [-0.05, 0) is 12.0 Å². The molecule has 0 saturated heterocycles. The maximum Gasteiger partial charge on any atom is 0.224 e. The van der Waals surface area contributed by atoms with Crippen molar-refractivity contribution in [1.82, 2.24) is 5.32 Å². The maximum absolute atomic E-state index is 11.6. The van der Waals surface area contributed by atoms with Gasteiger partial charge in [0.2, 0.25) is 5.91 Å². The van der Waals surface area contributed by atoms with Crippen LogP contribution in [0.4, 0.5) is 0 Å². The second-order valence-corrected chi connectivity index (χ2v) is 4.02. The number of hydrogen-bond acceptors (Lipinski definition) is 4. The van der Waals surface area contributed by atoms with Crippen molar-refractivity contribution in [1.29, 1.82) is 0 Å². The van der Waals surface area contributed by atoms with Crippen LogP contribution in [0, 0.1) is 5.92 Å². The predicted octanol–water partition coefficient (Wildman–Crippen LogP) is -0.359. The smallest absolute Gasteiger partial charge is 0.224 e. The molecule has 17 heavy (non-hydrogen) atoms. The zero-order valence-corrected chi connectivity index (χ0v) is 10.2. The third-order valence-corrected chi connectivity index (χ3v) is 2.76. The number of carboxylic acids is 1. The summed E-state index contributed by atoms with van der Waals surface area (Å²) >= 11 is 4.11. The summed E-state index contributed by atoms with van der Waals surface area (Å²) in [5.74, 6) is -1.57. The van der Waals surface area contributed by atoms with Crippen LogP contribution in [0.2, 0.25) is 0 Å². The molecule has 0 spiro atoms. The Balaban J connectivity index is 2.53. The summed E-state index contributed by atoms with van der Waals surface area (Å²) in [7, 11) is 0. The third kappa shape index (κ3) is 4.91. The number of hydrogen-bond donors (Lipinski definition) is 2. The second kappa shape index (κ2) is 6.96. The molecule has 0 unspecified atom stereocenters. The minimum absolute atomic E-state index is 0.312. The average molecular weight is 252 g/mol. The van der Waals surface area contributed by atoms with E-state index >= 15 is 0 Å². The monoisotopic (exact) mass is 252 g/mol. The standard InChI is InChI=1S/C12H15NO3S/c14-11(15)7-13-12(16)10(8-17)6-9-4-2-1-3-5-9/h1-5,10,17H,6-8H2,(H,13,16)(H,14,15)/p-1/t10-/m0/s1. The molecule has 4 nitrogen and oxygen atoms in total. The van der Waals surface area contributed by atoms with Gasteiger partial charge in [0.1, 0.15) is 0 Å². The Bertz CT molecular complexity index is 381. The molecule has 0 saturated carbocycles. The third-order valence-electron chi connectivity index (χ3n) is 2.32. The van der Waals surface area contributed by atoms with Gasteiger partial charge in [-0.15, -0.1) is 0 Å². The van der Waals surface area contributed by atoms with E-state index in [2.05, 4.69) is 17.9 Å². The maximum atomic E-state index is 11.6. The molecule has 1 aromatic carbocycles. The zero-order chi connectivity index (χ0) is 12.7. The van der Waals surface area contributed by atoms with E-state index in [0.29, 0.717) is 12.2 Å². The number of aliphatic carboxylic acids is 1. The van der Waals surface area contributed by atoms with Gasteiger partial charge in [0.25, 0.3) is 0 Å². The molecule has 0 heterocycles. The Morgan fingerprint density at radius 1 is 1.29 bits per heavy atom. The molecule has 1 aromatic rings. The molecule has 1 atom stereocenters. The summed E-state index contributed by atoms with van der Waals surface area (Å²) in [5.41, 5.74) is 1.02. The predicted molar refractivity (Wildman–Crippen MR) is 65.5 cm³/mol. The molecule has 0 aromatic heterocycles. The normalized spacial score (nSPS) is 11.8. The highest BCUT2D eigenvalue weighted by Crippen LogP contribution is 2.10. The lowest BCUT2D eigenvalue weighted by Crippen LogP contribution is -2.41. The molecule has 0 bridgehead atoms. The van der Waals surface area contributed by atoms with E-state index in [1.165, 1.54) is 0 Å². The number of amides is 1. The molecule has 0 radical (unpaired) electrons. The van der Waals surface area contributed by atoms with Crippen LogP contribution >= 0.6 is 12.6 Å². The Hall–Kier alpha value is -1.49. The second-order valence-electron chi connectivity index (χ2n) is 3.66. The first kappa shape index (κ1) is 13.6. The van der Waals surface area contributed by atoms with Crippen molar-refractivity contribution in [2.45, 2.75) is 6.42 Å². The number of benzene rings is 1. The highest BCUT2D eigenvalue weighted by molar-refractivity contribution is 7.80. The first-order valence-electron chi connectivity index (χ1n) is 5.26. The minimum atomic E-state index is -1.30. The Labute approximate surface area is 105 Å². The Kier molecular flexibility index (Phi) is 5.56. The van der Waals surface area contributed by atoms with Gasteiger partial charge in [-0.2, -0.15) is 12.6 Å². The van der Waals surface area contributed by atoms with E-state index in [4.69, 9.17) is 0 Å². The van der Waals surface area contributed by atoms with Crippen LogP contribution in [0.25, 0.3) is 0 Å². The summed E-state index contributed by atoms with van der Waals surface area (Å²) in [4.78, 5) is 21.9. The van der Waals surface area contributed by atoms with Gasteiger partial charge in [-0.25, -0.2) is 0 Å². The van der Waals surface area contributed by atoms with Crippen LogP contribution in [0.5, 0.6) is 0 Å². The quantitative estimate of drug-likeness (QED) is 0.679. The molecule has 0 aliphatic rings. The lowest BCUT2D eigenvalue weighted by Gasteiger charge is -2.14. The van der Waals surface area contributed by atoms with Crippen molar-refractivity contribution in [2.75, 3.05) is 12.3 Å². The van der Waals surface area contributed by atoms with Gasteiger partial charge in [-0.1, -0.05) is 30.3 Å². The number of nitrogens with one attached hydrogen (secondary N) is 1. The molecule has 0 aliphatic heterocycles. The van der Waals surface area contributed by atoms with Crippen LogP contribution in [0.1, 0.15) is 5.56 Å². The van der Waals surface area contributed by atoms with Gasteiger partial charge < -0.3 is 15.2 Å². The number of carbonyl (C=O) groups excluding carboxylic acids is 2. The van der Waals surface area contributed by atoms with E-state index in [1.54, 1.807) is 0 Å². The molecule has 0 fully saturated rings. The van der Waals surface area contributed by atoms with Crippen molar-refractivity contribution >= 4 is 24.5 Å². The first-order chi connectivity index (χ1) is 8.13. The lowest BCUT2D eigenvalue weighted by molar-refractivity contribution is -0.304. The highest BCUT2D eigenvalue weighted by atomic mass is 32.1. The Morgan fingerprint density at radius 3 is 2.47 bits per heavy atom. The molecular weight excluding hydrogens is 238 g/mol. The topological polar surface area (TPSA) is 69.2 Å². The van der Waals surface area contributed by atoms with Gasteiger partial charge in [0.15, 0.2) is 0 Å². The largest absolute Gasteiger partial charge is 0.548 e. The van der Waals surface area contributed by atoms with Crippen LogP contribution in [-0.2, 0) is 16.0 Å². The fourth-order valence-corrected chi connectivity index (χ4v) is 1.74. The first-order valence-corrected chi connectivity index (χ1v) is 5.89. The van der Waals surface area contributed by atoms with Crippen molar-refractivity contribution in [3.63, 3.8) is 0 Å². The number of carboxylic acid groups (broad SMARTS) is 1. The van der Waals surface area contributed by atoms with E-state index < -0.39 is 12.5 Å². The average Bonchev–Trinajstić information content (AvgIpc) is 2.34. The number of rotatable bonds is 6. The van der Waals surface area contributed by atoms with Crippen LogP contribution < -0.4 is 10.4 Å². The molecule has 5 heteroatoms. The van der Waals surface area contributed by atoms with Crippen LogP contribution in [-0.4, -0.2) is 24.2 Å². The molecule has 1 amide bonds. The molecule has 1 N–H and O–H groups in total. The van der Waals surface area contributed by atoms with Gasteiger partial charge >= 0.3 is 0 Å². The van der Waals surface area contributed by atoms with Crippen LogP contribution in [0.3, 0.4) is 0 Å². The minimum Gasteiger partial charge on any atom is -0.548 e. The fourth-order valence-electron chi connectivity index (χ4n) is 1.44. The zero-order valence-electron chi connectivity index (χ0n) is 9.26. The molecule has 92 valence electrons. The lowest BCUT2D eigenvalue weighted by atomic mass is 10.0. The van der Waals surface area contributed by atoms with Gasteiger partial charge in [-0.3, -0.25) is 4.79 Å². The van der Waals surface area contributed by atoms with Crippen molar-refractivity contribution in [2.24, 2.45) is 5.92 Å². The summed E-state index contributed by atoms with van der Waals surface area (Å²) in [5, 5.41) is 12.5. The van der Waals surface area contributed by atoms with Crippen molar-refractivity contribution in [3.8, 4) is 0 Å². The molecule has 0 aliphatic carbocycles. The molecular formula is C12H14NO3S-. The fraction of sp³-hybridized carbons (Fsp3) is 0.333. The molecule has 1 rings (SSSR count). The Morgan fingerprint density at radius 2 is 1.94 bits per heavy atom. The summed E-state index contributed by atoms with van der Waals surface area (Å²) in [6.07, 6.45) is 0.545. The number of carbonyl (C=O) groups is 2. The van der Waals surface area contributed by atoms with E-state index in [-0.39, 0.29) is 11.8 Å². The number of thiol groups is 1. The van der Waals surface area contributed by atoms with Crippen LogP contribution in [0.15, 0.2) is 30.3 Å². The van der Waals surface area contributed by atoms with Gasteiger partial charge in [0.05, 0.1) is 18.4 Å². The van der Waals surface area contributed by atoms with Gasteiger partial charge in [0, 0.05) is 5.75 Å². The van der Waals surface area contributed by atoms with Crippen molar-refractivity contribution in [3.05, 3.63) is 35.9 Å². The summed E-state index contributed by atoms with van der Waals surface area (Å²) in [6, 6.07) is 9.52. The highest BCUT2D eigenvalue weighted by Gasteiger charge is 2.16. The van der Waals surface area contributed by atoms with E-state index in [0.717, 1.165) is 5.56 Å². The van der Waals surface area contributed by atoms with E-state index in [1.807, 2.05) is 30.3 Å². The summed E-state index contributed by atoms with van der Waals surface area (Å²) in [6.45, 7) is -0.460. The summed E-state index contributed by atoms with van der Waals surface area (Å²) < 4.78 is 0. The SMILES string of the molecule is O=C([O-])CNC(=O)[C@H](CS)Cc1ccccc1. The van der Waals surface area contributed by atoms with E-state index in [9.17, 15) is 14.7 Å².